The zero-order valence-electron chi connectivity index (χ0n) is 11.4. The number of rotatable bonds is 5. The second-order valence-corrected chi connectivity index (χ2v) is 5.65. The zero-order chi connectivity index (χ0) is 15.4. The highest BCUT2D eigenvalue weighted by Crippen LogP contribution is 2.24. The van der Waals surface area contributed by atoms with Gasteiger partial charge in [0.15, 0.2) is 0 Å². The summed E-state index contributed by atoms with van der Waals surface area (Å²) in [6, 6.07) is 12.3. The van der Waals surface area contributed by atoms with Crippen molar-refractivity contribution < 1.29 is 14.3 Å². The van der Waals surface area contributed by atoms with Crippen LogP contribution in [-0.2, 0) is 4.79 Å². The predicted molar refractivity (Wildman–Crippen MR) is 82.5 cm³/mol. The van der Waals surface area contributed by atoms with Gasteiger partial charge in [-0.1, -0.05) is 52.3 Å². The molecule has 2 unspecified atom stereocenters. The van der Waals surface area contributed by atoms with Gasteiger partial charge in [-0.2, -0.15) is 0 Å². The van der Waals surface area contributed by atoms with Crippen LogP contribution in [0.2, 0.25) is 0 Å². The number of aliphatic carboxylic acids is 1. The molecule has 0 aliphatic rings. The number of hydrogen-bond acceptors (Lipinski definition) is 2. The molecule has 0 amide bonds. The number of halogens is 2. The van der Waals surface area contributed by atoms with E-state index in [0.717, 1.165) is 0 Å². The Balaban J connectivity index is 2.23. The highest BCUT2D eigenvalue weighted by atomic mass is 79.9. The molecule has 0 saturated heterocycles. The van der Waals surface area contributed by atoms with Crippen LogP contribution >= 0.6 is 15.9 Å². The van der Waals surface area contributed by atoms with Crippen LogP contribution in [-0.4, -0.2) is 11.1 Å². The Labute approximate surface area is 130 Å². The maximum atomic E-state index is 13.9. The van der Waals surface area contributed by atoms with E-state index in [2.05, 4.69) is 21.2 Å². The van der Waals surface area contributed by atoms with Crippen molar-refractivity contribution in [3.8, 4) is 0 Å². The van der Waals surface area contributed by atoms with Crippen LogP contribution in [0.5, 0.6) is 0 Å². The third-order valence-electron chi connectivity index (χ3n) is 3.23. The molecule has 0 saturated carbocycles. The second-order valence-electron chi connectivity index (χ2n) is 4.74. The van der Waals surface area contributed by atoms with E-state index >= 15 is 0 Å². The maximum absolute atomic E-state index is 13.9. The lowest BCUT2D eigenvalue weighted by atomic mass is 10.0. The number of benzene rings is 2. The van der Waals surface area contributed by atoms with Gasteiger partial charge in [0.1, 0.15) is 11.9 Å². The minimum Gasteiger partial charge on any atom is -0.480 e. The first kappa shape index (κ1) is 15.7. The van der Waals surface area contributed by atoms with E-state index in [-0.39, 0.29) is 5.82 Å². The van der Waals surface area contributed by atoms with Crippen LogP contribution in [0.3, 0.4) is 0 Å². The Hall–Kier alpha value is -1.72. The van der Waals surface area contributed by atoms with Crippen molar-refractivity contribution in [3.63, 3.8) is 0 Å². The van der Waals surface area contributed by atoms with Crippen molar-refractivity contribution in [1.82, 2.24) is 5.32 Å². The highest BCUT2D eigenvalue weighted by Gasteiger charge is 2.23. The zero-order valence-corrected chi connectivity index (χ0v) is 13.0. The molecule has 5 heteroatoms. The summed E-state index contributed by atoms with van der Waals surface area (Å²) in [5.41, 5.74) is 1.06. The summed E-state index contributed by atoms with van der Waals surface area (Å²) in [6.07, 6.45) is 0. The van der Waals surface area contributed by atoms with Crippen LogP contribution in [0.25, 0.3) is 0 Å². The van der Waals surface area contributed by atoms with Gasteiger partial charge in [0.2, 0.25) is 0 Å². The van der Waals surface area contributed by atoms with Crippen molar-refractivity contribution in [2.24, 2.45) is 0 Å². The average molecular weight is 352 g/mol. The van der Waals surface area contributed by atoms with E-state index in [1.807, 2.05) is 6.07 Å². The topological polar surface area (TPSA) is 49.3 Å². The van der Waals surface area contributed by atoms with Crippen molar-refractivity contribution in [3.05, 3.63) is 69.9 Å². The monoisotopic (exact) mass is 351 g/mol. The second kappa shape index (κ2) is 6.83. The quantitative estimate of drug-likeness (QED) is 0.853. The standard InChI is InChI=1S/C16H15BrFNO2/c1-10(13-8-7-12(17)9-14(13)18)19-15(16(20)21)11-5-3-2-4-6-11/h2-10,15,19H,1H3,(H,20,21). The number of nitrogens with one attached hydrogen (secondary N) is 1. The third kappa shape index (κ3) is 3.89. The molecule has 0 aliphatic heterocycles. The number of hydrogen-bond donors (Lipinski definition) is 2. The van der Waals surface area contributed by atoms with Crippen molar-refractivity contribution >= 4 is 21.9 Å². The van der Waals surface area contributed by atoms with Crippen molar-refractivity contribution in [2.45, 2.75) is 19.0 Å². The van der Waals surface area contributed by atoms with Crippen molar-refractivity contribution in [2.75, 3.05) is 0 Å². The van der Waals surface area contributed by atoms with Crippen molar-refractivity contribution in [1.29, 1.82) is 0 Å². The molecule has 0 aromatic heterocycles. The molecule has 0 spiro atoms. The average Bonchev–Trinajstić information content (AvgIpc) is 2.45. The molecule has 110 valence electrons. The molecule has 0 aliphatic carbocycles. The molecular weight excluding hydrogens is 337 g/mol. The van der Waals surface area contributed by atoms with Gasteiger partial charge in [-0.05, 0) is 24.6 Å². The first-order chi connectivity index (χ1) is 9.99. The summed E-state index contributed by atoms with van der Waals surface area (Å²) < 4.78 is 14.6. The molecule has 2 aromatic carbocycles. The van der Waals surface area contributed by atoms with E-state index in [9.17, 15) is 14.3 Å². The minimum atomic E-state index is -0.995. The molecule has 3 nitrogen and oxygen atoms in total. The Morgan fingerprint density at radius 2 is 1.90 bits per heavy atom. The van der Waals surface area contributed by atoms with E-state index in [1.54, 1.807) is 43.3 Å². The molecule has 0 heterocycles. The molecule has 0 bridgehead atoms. The SMILES string of the molecule is CC(NC(C(=O)O)c1ccccc1)c1ccc(Br)cc1F. The van der Waals surface area contributed by atoms with E-state index in [0.29, 0.717) is 15.6 Å². The van der Waals surface area contributed by atoms with Crippen LogP contribution in [0.15, 0.2) is 53.0 Å². The van der Waals surface area contributed by atoms with Crippen LogP contribution in [0.1, 0.15) is 30.1 Å². The number of carboxylic acids is 1. The Kier molecular flexibility index (Phi) is 5.09. The summed E-state index contributed by atoms with van der Waals surface area (Å²) in [5.74, 6) is -1.37. The maximum Gasteiger partial charge on any atom is 0.325 e. The van der Waals surface area contributed by atoms with Gasteiger partial charge >= 0.3 is 5.97 Å². The Morgan fingerprint density at radius 3 is 2.48 bits per heavy atom. The smallest absolute Gasteiger partial charge is 0.325 e. The van der Waals surface area contributed by atoms with Crippen LogP contribution in [0, 0.1) is 5.82 Å². The number of carboxylic acid groups (broad SMARTS) is 1. The van der Waals surface area contributed by atoms with Crippen LogP contribution in [0.4, 0.5) is 4.39 Å². The first-order valence-electron chi connectivity index (χ1n) is 6.48. The molecular formula is C16H15BrFNO2. The van der Waals surface area contributed by atoms with Gasteiger partial charge in [0, 0.05) is 16.1 Å². The van der Waals surface area contributed by atoms with Gasteiger partial charge in [0.25, 0.3) is 0 Å². The molecule has 21 heavy (non-hydrogen) atoms. The molecule has 2 N–H and O–H groups in total. The first-order valence-corrected chi connectivity index (χ1v) is 7.27. The number of carbonyl (C=O) groups is 1. The summed E-state index contributed by atoms with van der Waals surface area (Å²) in [7, 11) is 0. The van der Waals surface area contributed by atoms with Gasteiger partial charge < -0.3 is 5.11 Å². The largest absolute Gasteiger partial charge is 0.480 e. The fraction of sp³-hybridized carbons (Fsp3) is 0.188. The molecule has 2 rings (SSSR count). The van der Waals surface area contributed by atoms with E-state index in [4.69, 9.17) is 0 Å². The fourth-order valence-electron chi connectivity index (χ4n) is 2.15. The van der Waals surface area contributed by atoms with Gasteiger partial charge in [-0.25, -0.2) is 4.39 Å². The Morgan fingerprint density at radius 1 is 1.24 bits per heavy atom. The molecule has 0 fully saturated rings. The summed E-state index contributed by atoms with van der Waals surface area (Å²) in [4.78, 5) is 11.4. The highest BCUT2D eigenvalue weighted by molar-refractivity contribution is 9.10. The minimum absolute atomic E-state index is 0.374. The van der Waals surface area contributed by atoms with E-state index in [1.165, 1.54) is 6.07 Å². The van der Waals surface area contributed by atoms with Gasteiger partial charge in [0.05, 0.1) is 0 Å². The lowest BCUT2D eigenvalue weighted by Gasteiger charge is -2.21. The predicted octanol–water partition coefficient (Wildman–Crippen LogP) is 4.06. The fourth-order valence-corrected chi connectivity index (χ4v) is 2.48. The molecule has 2 aromatic rings. The lowest BCUT2D eigenvalue weighted by Crippen LogP contribution is -2.31. The van der Waals surface area contributed by atoms with Gasteiger partial charge in [-0.3, -0.25) is 10.1 Å². The Bertz CT molecular complexity index is 633. The lowest BCUT2D eigenvalue weighted by molar-refractivity contribution is -0.139. The van der Waals surface area contributed by atoms with E-state index < -0.39 is 18.1 Å². The summed E-state index contributed by atoms with van der Waals surface area (Å²) in [6.45, 7) is 1.74. The van der Waals surface area contributed by atoms with Gasteiger partial charge in [-0.15, -0.1) is 0 Å². The molecule has 2 atom stereocenters. The van der Waals surface area contributed by atoms with Crippen LogP contribution < -0.4 is 5.32 Å². The normalized spacial score (nSPS) is 13.7. The molecule has 0 radical (unpaired) electrons. The summed E-state index contributed by atoms with van der Waals surface area (Å²) in [5, 5.41) is 12.3. The third-order valence-corrected chi connectivity index (χ3v) is 3.72. The summed E-state index contributed by atoms with van der Waals surface area (Å²) >= 11 is 3.20.